The first kappa shape index (κ1) is 17.2. The van der Waals surface area contributed by atoms with Gasteiger partial charge < -0.3 is 15.2 Å². The van der Waals surface area contributed by atoms with Gasteiger partial charge >= 0.3 is 23.7 Å². The quantitative estimate of drug-likeness (QED) is 0.488. The maximum Gasteiger partial charge on any atom is 0.471 e. The van der Waals surface area contributed by atoms with Gasteiger partial charge in [0.15, 0.2) is 11.8 Å². The first-order chi connectivity index (χ1) is 10.1. The molecule has 1 aromatic rings. The van der Waals surface area contributed by atoms with Gasteiger partial charge in [0.2, 0.25) is 0 Å². The molecule has 2 N–H and O–H groups in total. The fourth-order valence-corrected chi connectivity index (χ4v) is 1.48. The van der Waals surface area contributed by atoms with Gasteiger partial charge in [-0.05, 0) is 11.6 Å². The van der Waals surface area contributed by atoms with E-state index in [9.17, 15) is 38.0 Å². The zero-order chi connectivity index (χ0) is 17.1. The Balaban J connectivity index is 3.24. The molecule has 11 heteroatoms. The highest BCUT2D eigenvalue weighted by molar-refractivity contribution is 5.88. The van der Waals surface area contributed by atoms with Crippen LogP contribution >= 0.6 is 0 Å². The molecule has 0 heterocycles. The summed E-state index contributed by atoms with van der Waals surface area (Å²) < 4.78 is 41.0. The molecule has 1 atom stereocenters. The Labute approximate surface area is 120 Å². The van der Waals surface area contributed by atoms with Crippen molar-refractivity contribution in [2.24, 2.45) is 0 Å². The Hall–Kier alpha value is -2.85. The molecule has 0 aliphatic heterocycles. The molecule has 0 aromatic heterocycles. The van der Waals surface area contributed by atoms with E-state index in [0.29, 0.717) is 6.07 Å². The standard InChI is InChI=1S/C11H9F3N2O6/c1-22-9(18)8(15-10(19)11(12,13)14)5-2-3-7(17)6(4-5)16(20)21/h2-4,8,17H,1H3,(H,15,19). The van der Waals surface area contributed by atoms with Crippen molar-refractivity contribution >= 4 is 17.6 Å². The third kappa shape index (κ3) is 3.84. The van der Waals surface area contributed by atoms with Gasteiger partial charge in [-0.3, -0.25) is 14.9 Å². The minimum Gasteiger partial charge on any atom is -0.502 e. The summed E-state index contributed by atoms with van der Waals surface area (Å²) in [5.74, 6) is -4.43. The maximum atomic E-state index is 12.3. The number of methoxy groups -OCH3 is 1. The molecule has 0 bridgehead atoms. The predicted molar refractivity (Wildman–Crippen MR) is 63.7 cm³/mol. The van der Waals surface area contributed by atoms with E-state index in [1.54, 1.807) is 0 Å². The van der Waals surface area contributed by atoms with Crippen molar-refractivity contribution < 1.29 is 37.5 Å². The summed E-state index contributed by atoms with van der Waals surface area (Å²) in [4.78, 5) is 32.1. The highest BCUT2D eigenvalue weighted by Gasteiger charge is 2.41. The van der Waals surface area contributed by atoms with Crippen LogP contribution in [-0.4, -0.2) is 35.2 Å². The highest BCUT2D eigenvalue weighted by Crippen LogP contribution is 2.29. The molecular weight excluding hydrogens is 313 g/mol. The number of nitrogens with one attached hydrogen (secondary N) is 1. The van der Waals surface area contributed by atoms with Crippen molar-refractivity contribution in [1.82, 2.24) is 5.32 Å². The molecule has 1 aromatic carbocycles. The number of carbonyl (C=O) groups excluding carboxylic acids is 2. The van der Waals surface area contributed by atoms with Crippen LogP contribution in [0.5, 0.6) is 5.75 Å². The van der Waals surface area contributed by atoms with E-state index in [1.807, 2.05) is 0 Å². The lowest BCUT2D eigenvalue weighted by Gasteiger charge is -2.17. The van der Waals surface area contributed by atoms with E-state index in [1.165, 1.54) is 5.32 Å². The van der Waals surface area contributed by atoms with Gasteiger partial charge in [0.1, 0.15) is 0 Å². The van der Waals surface area contributed by atoms with Crippen LogP contribution in [-0.2, 0) is 14.3 Å². The number of phenolic OH excluding ortho intramolecular Hbond substituents is 1. The van der Waals surface area contributed by atoms with Gasteiger partial charge in [-0.1, -0.05) is 6.07 Å². The maximum absolute atomic E-state index is 12.3. The number of amides is 1. The number of rotatable bonds is 4. The van der Waals surface area contributed by atoms with Gasteiger partial charge in [-0.25, -0.2) is 4.79 Å². The fraction of sp³-hybridized carbons (Fsp3) is 0.273. The van der Waals surface area contributed by atoms with E-state index in [-0.39, 0.29) is 5.56 Å². The van der Waals surface area contributed by atoms with Crippen molar-refractivity contribution in [2.45, 2.75) is 12.2 Å². The number of aromatic hydroxyl groups is 1. The largest absolute Gasteiger partial charge is 0.502 e. The zero-order valence-electron chi connectivity index (χ0n) is 10.9. The summed E-state index contributed by atoms with van der Waals surface area (Å²) in [6.45, 7) is 0. The number of ether oxygens (including phenoxy) is 1. The van der Waals surface area contributed by atoms with Crippen molar-refractivity contribution in [3.05, 3.63) is 33.9 Å². The summed E-state index contributed by atoms with van der Waals surface area (Å²) in [7, 11) is 0.865. The number of nitro benzene ring substituents is 1. The second kappa shape index (κ2) is 6.28. The number of nitro groups is 1. The third-order valence-electron chi connectivity index (χ3n) is 2.50. The average Bonchev–Trinajstić information content (AvgIpc) is 2.43. The summed E-state index contributed by atoms with van der Waals surface area (Å²) in [5.41, 5.74) is -1.19. The number of alkyl halides is 3. The highest BCUT2D eigenvalue weighted by atomic mass is 19.4. The monoisotopic (exact) mass is 322 g/mol. The van der Waals surface area contributed by atoms with Crippen LogP contribution < -0.4 is 5.32 Å². The summed E-state index contributed by atoms with van der Waals surface area (Å²) in [6.07, 6.45) is -5.25. The molecular formula is C11H9F3N2O6. The van der Waals surface area contributed by atoms with Crippen molar-refractivity contribution in [3.63, 3.8) is 0 Å². The van der Waals surface area contributed by atoms with E-state index in [2.05, 4.69) is 4.74 Å². The number of esters is 1. The lowest BCUT2D eigenvalue weighted by molar-refractivity contribution is -0.385. The second-order valence-electron chi connectivity index (χ2n) is 3.93. The van der Waals surface area contributed by atoms with E-state index >= 15 is 0 Å². The molecule has 8 nitrogen and oxygen atoms in total. The number of hydrogen-bond acceptors (Lipinski definition) is 6. The molecule has 0 fully saturated rings. The Morgan fingerprint density at radius 1 is 1.41 bits per heavy atom. The van der Waals surface area contributed by atoms with Crippen LogP contribution in [0.1, 0.15) is 11.6 Å². The SMILES string of the molecule is COC(=O)C(NC(=O)C(F)(F)F)c1ccc(O)c([N+](=O)[O-])c1. The van der Waals surface area contributed by atoms with E-state index in [0.717, 1.165) is 19.2 Å². The number of hydrogen-bond donors (Lipinski definition) is 2. The first-order valence-electron chi connectivity index (χ1n) is 5.50. The number of phenols is 1. The van der Waals surface area contributed by atoms with Crippen LogP contribution in [0.3, 0.4) is 0 Å². The van der Waals surface area contributed by atoms with Crippen LogP contribution in [0.4, 0.5) is 18.9 Å². The molecule has 0 spiro atoms. The van der Waals surface area contributed by atoms with Crippen molar-refractivity contribution in [1.29, 1.82) is 0 Å². The molecule has 1 unspecified atom stereocenters. The topological polar surface area (TPSA) is 119 Å². The third-order valence-corrected chi connectivity index (χ3v) is 2.50. The molecule has 0 aliphatic carbocycles. The van der Waals surface area contributed by atoms with Gasteiger partial charge in [-0.2, -0.15) is 13.2 Å². The molecule has 0 saturated heterocycles. The normalized spacial score (nSPS) is 12.4. The molecule has 0 radical (unpaired) electrons. The van der Waals surface area contributed by atoms with Gasteiger partial charge in [-0.15, -0.1) is 0 Å². The Kier molecular flexibility index (Phi) is 4.91. The van der Waals surface area contributed by atoms with Gasteiger partial charge in [0, 0.05) is 6.07 Å². The Morgan fingerprint density at radius 2 is 2.00 bits per heavy atom. The predicted octanol–water partition coefficient (Wildman–Crippen LogP) is 1.19. The summed E-state index contributed by atoms with van der Waals surface area (Å²) in [5, 5.41) is 21.3. The molecule has 120 valence electrons. The van der Waals surface area contributed by atoms with E-state index in [4.69, 9.17) is 0 Å². The van der Waals surface area contributed by atoms with E-state index < -0.39 is 40.5 Å². The van der Waals surface area contributed by atoms with Crippen LogP contribution in [0.15, 0.2) is 18.2 Å². The van der Waals surface area contributed by atoms with Gasteiger partial charge in [0.05, 0.1) is 12.0 Å². The molecule has 1 rings (SSSR count). The number of halogens is 3. The smallest absolute Gasteiger partial charge is 0.471 e. The van der Waals surface area contributed by atoms with Gasteiger partial charge in [0.25, 0.3) is 0 Å². The van der Waals surface area contributed by atoms with Crippen LogP contribution in [0.25, 0.3) is 0 Å². The summed E-state index contributed by atoms with van der Waals surface area (Å²) in [6, 6.07) is 0.496. The number of carbonyl (C=O) groups is 2. The number of nitrogens with zero attached hydrogens (tertiary/aromatic N) is 1. The lowest BCUT2D eigenvalue weighted by Crippen LogP contribution is -2.42. The van der Waals surface area contributed by atoms with Crippen molar-refractivity contribution in [2.75, 3.05) is 7.11 Å². The lowest BCUT2D eigenvalue weighted by atomic mass is 10.1. The van der Waals surface area contributed by atoms with Crippen LogP contribution in [0, 0.1) is 10.1 Å². The molecule has 22 heavy (non-hydrogen) atoms. The first-order valence-corrected chi connectivity index (χ1v) is 5.50. The molecule has 1 amide bonds. The molecule has 0 aliphatic rings. The Bertz CT molecular complexity index is 616. The zero-order valence-corrected chi connectivity index (χ0v) is 10.9. The van der Waals surface area contributed by atoms with Crippen molar-refractivity contribution in [3.8, 4) is 5.75 Å². The van der Waals surface area contributed by atoms with Crippen LogP contribution in [0.2, 0.25) is 0 Å². The average molecular weight is 322 g/mol. The minimum absolute atomic E-state index is 0.353. The minimum atomic E-state index is -5.25. The fourth-order valence-electron chi connectivity index (χ4n) is 1.48. The Morgan fingerprint density at radius 3 is 2.45 bits per heavy atom. The summed E-state index contributed by atoms with van der Waals surface area (Å²) >= 11 is 0. The number of benzene rings is 1. The second-order valence-corrected chi connectivity index (χ2v) is 3.93. The molecule has 0 saturated carbocycles.